The van der Waals surface area contributed by atoms with Crippen LogP contribution in [0.25, 0.3) is 29.1 Å². The molecule has 0 amide bonds. The van der Waals surface area contributed by atoms with Crippen molar-refractivity contribution in [3.05, 3.63) is 70.8 Å². The van der Waals surface area contributed by atoms with Crippen molar-refractivity contribution < 1.29 is 9.47 Å². The van der Waals surface area contributed by atoms with E-state index >= 15 is 0 Å². The molecule has 0 unspecified atom stereocenters. The van der Waals surface area contributed by atoms with Gasteiger partial charge in [-0.2, -0.15) is 5.26 Å². The summed E-state index contributed by atoms with van der Waals surface area (Å²) < 4.78 is 13.4. The molecule has 0 aliphatic carbocycles. The number of imidazole rings is 1. The molecule has 0 aliphatic heterocycles. The minimum atomic E-state index is 0.475. The Kier molecular flexibility index (Phi) is 7.41. The van der Waals surface area contributed by atoms with Crippen molar-refractivity contribution in [3.8, 4) is 23.4 Å². The quantitative estimate of drug-likeness (QED) is 0.273. The highest BCUT2D eigenvalue weighted by Gasteiger charge is 2.15. The Bertz CT molecular complexity index is 1360. The lowest BCUT2D eigenvalue weighted by atomic mass is 10.1. The SMILES string of the molecule is CCCCCOc1c(C=Cc2nc3cc(Cl)cnc3n2-c2ccc(C#N)cn2)cccc1OC. The van der Waals surface area contributed by atoms with E-state index < -0.39 is 0 Å². The Morgan fingerprint density at radius 2 is 2.00 bits per heavy atom. The second kappa shape index (κ2) is 10.8. The molecule has 8 heteroatoms. The lowest BCUT2D eigenvalue weighted by Crippen LogP contribution is -2.02. The number of ether oxygens (including phenoxy) is 2. The molecule has 0 N–H and O–H groups in total. The van der Waals surface area contributed by atoms with Gasteiger partial charge in [0.15, 0.2) is 17.1 Å². The summed E-state index contributed by atoms with van der Waals surface area (Å²) in [7, 11) is 1.63. The van der Waals surface area contributed by atoms with Crippen molar-refractivity contribution in [2.75, 3.05) is 13.7 Å². The molecule has 4 rings (SSSR count). The monoisotopic (exact) mass is 473 g/mol. The Morgan fingerprint density at radius 3 is 2.74 bits per heavy atom. The Morgan fingerprint density at radius 1 is 1.12 bits per heavy atom. The highest BCUT2D eigenvalue weighted by atomic mass is 35.5. The van der Waals surface area contributed by atoms with Crippen LogP contribution < -0.4 is 9.47 Å². The molecule has 0 saturated carbocycles. The summed E-state index contributed by atoms with van der Waals surface area (Å²) in [5, 5.41) is 9.61. The molecule has 0 spiro atoms. The Hall–Kier alpha value is -3.89. The molecule has 34 heavy (non-hydrogen) atoms. The van der Waals surface area contributed by atoms with E-state index in [1.165, 1.54) is 6.20 Å². The van der Waals surface area contributed by atoms with Crippen molar-refractivity contribution >= 4 is 34.9 Å². The summed E-state index contributed by atoms with van der Waals surface area (Å²) >= 11 is 6.15. The summed E-state index contributed by atoms with van der Waals surface area (Å²) in [6, 6.07) is 13.1. The molecule has 172 valence electrons. The van der Waals surface area contributed by atoms with Crippen LogP contribution in [0.4, 0.5) is 0 Å². The van der Waals surface area contributed by atoms with Gasteiger partial charge in [0.25, 0.3) is 0 Å². The minimum Gasteiger partial charge on any atom is -0.493 e. The number of rotatable bonds is 9. The van der Waals surface area contributed by atoms with Gasteiger partial charge in [0.1, 0.15) is 23.2 Å². The third kappa shape index (κ3) is 5.03. The summed E-state index contributed by atoms with van der Waals surface area (Å²) in [5.74, 6) is 2.58. The number of nitrogens with zero attached hydrogens (tertiary/aromatic N) is 5. The molecule has 0 radical (unpaired) electrons. The number of methoxy groups -OCH3 is 1. The first-order valence-corrected chi connectivity index (χ1v) is 11.4. The van der Waals surface area contributed by atoms with Gasteiger partial charge in [0.2, 0.25) is 0 Å². The van der Waals surface area contributed by atoms with E-state index in [0.717, 1.165) is 24.8 Å². The lowest BCUT2D eigenvalue weighted by Gasteiger charge is -2.13. The van der Waals surface area contributed by atoms with Gasteiger partial charge in [-0.3, -0.25) is 4.57 Å². The number of para-hydroxylation sites is 1. The van der Waals surface area contributed by atoms with Crippen LogP contribution >= 0.6 is 11.6 Å². The van der Waals surface area contributed by atoms with Crippen molar-refractivity contribution in [2.45, 2.75) is 26.2 Å². The van der Waals surface area contributed by atoms with Crippen molar-refractivity contribution in [2.24, 2.45) is 0 Å². The number of hydrogen-bond donors (Lipinski definition) is 0. The average molecular weight is 474 g/mol. The number of nitriles is 1. The van der Waals surface area contributed by atoms with Crippen LogP contribution in [-0.4, -0.2) is 33.2 Å². The smallest absolute Gasteiger partial charge is 0.168 e. The standard InChI is InChI=1S/C26H24ClN5O2/c1-3-4-5-13-34-25-19(7-6-8-22(25)33-2)10-12-24-31-21-14-20(27)17-30-26(21)32(24)23-11-9-18(15-28)16-29-23/h6-12,14,16-17H,3-5,13H2,1-2H3. The van der Waals surface area contributed by atoms with Crippen LogP contribution in [0.1, 0.15) is 43.1 Å². The fourth-order valence-electron chi connectivity index (χ4n) is 3.55. The molecule has 1 aromatic carbocycles. The molecular weight excluding hydrogens is 450 g/mol. The van der Waals surface area contributed by atoms with Crippen LogP contribution in [0.15, 0.2) is 48.8 Å². The van der Waals surface area contributed by atoms with Gasteiger partial charge in [0, 0.05) is 18.0 Å². The zero-order valence-corrected chi connectivity index (χ0v) is 19.8. The third-order valence-corrected chi connectivity index (χ3v) is 5.44. The van der Waals surface area contributed by atoms with E-state index in [2.05, 4.69) is 23.0 Å². The van der Waals surface area contributed by atoms with Crippen molar-refractivity contribution in [3.63, 3.8) is 0 Å². The molecule has 0 fully saturated rings. The van der Waals surface area contributed by atoms with Crippen LogP contribution in [0.2, 0.25) is 5.02 Å². The number of fused-ring (bicyclic) bond motifs is 1. The fraction of sp³-hybridized carbons (Fsp3) is 0.231. The summed E-state index contributed by atoms with van der Waals surface area (Å²) in [5.41, 5.74) is 2.60. The number of pyridine rings is 2. The number of halogens is 1. The number of unbranched alkanes of at least 4 members (excludes halogenated alkanes) is 2. The molecule has 4 aromatic rings. The number of aromatic nitrogens is 4. The van der Waals surface area contributed by atoms with E-state index in [0.29, 0.717) is 51.5 Å². The van der Waals surface area contributed by atoms with Gasteiger partial charge in [-0.15, -0.1) is 0 Å². The lowest BCUT2D eigenvalue weighted by molar-refractivity contribution is 0.285. The number of hydrogen-bond acceptors (Lipinski definition) is 6. The van der Waals surface area contributed by atoms with E-state index in [1.54, 1.807) is 31.5 Å². The second-order valence-corrected chi connectivity index (χ2v) is 8.02. The zero-order valence-electron chi connectivity index (χ0n) is 19.0. The first kappa shape index (κ1) is 23.3. The molecule has 3 aromatic heterocycles. The molecule has 3 heterocycles. The van der Waals surface area contributed by atoms with Crippen molar-refractivity contribution in [1.82, 2.24) is 19.5 Å². The van der Waals surface area contributed by atoms with E-state index in [-0.39, 0.29) is 0 Å². The predicted octanol–water partition coefficient (Wildman–Crippen LogP) is 6.09. The van der Waals surface area contributed by atoms with Gasteiger partial charge >= 0.3 is 0 Å². The molecule has 7 nitrogen and oxygen atoms in total. The highest BCUT2D eigenvalue weighted by Crippen LogP contribution is 2.33. The topological polar surface area (TPSA) is 85.9 Å². The Balaban J connectivity index is 1.76. The molecule has 0 aliphatic rings. The second-order valence-electron chi connectivity index (χ2n) is 7.59. The maximum absolute atomic E-state index is 9.12. The van der Waals surface area contributed by atoms with Crippen LogP contribution in [0, 0.1) is 11.3 Å². The van der Waals surface area contributed by atoms with Gasteiger partial charge in [-0.1, -0.05) is 43.5 Å². The van der Waals surface area contributed by atoms with Gasteiger partial charge in [-0.05, 0) is 42.8 Å². The third-order valence-electron chi connectivity index (χ3n) is 5.23. The number of benzene rings is 1. The molecule has 0 atom stereocenters. The predicted molar refractivity (Wildman–Crippen MR) is 133 cm³/mol. The first-order valence-electron chi connectivity index (χ1n) is 11.0. The largest absolute Gasteiger partial charge is 0.493 e. The highest BCUT2D eigenvalue weighted by molar-refractivity contribution is 6.31. The maximum atomic E-state index is 9.12. The van der Waals surface area contributed by atoms with E-state index in [4.69, 9.17) is 31.3 Å². The van der Waals surface area contributed by atoms with Crippen LogP contribution in [-0.2, 0) is 0 Å². The van der Waals surface area contributed by atoms with Gasteiger partial charge in [-0.25, -0.2) is 15.0 Å². The van der Waals surface area contributed by atoms with Gasteiger partial charge in [0.05, 0.1) is 24.3 Å². The maximum Gasteiger partial charge on any atom is 0.168 e. The molecular formula is C26H24ClN5O2. The zero-order chi connectivity index (χ0) is 23.9. The summed E-state index contributed by atoms with van der Waals surface area (Å²) in [6.45, 7) is 2.78. The van der Waals surface area contributed by atoms with Crippen molar-refractivity contribution in [1.29, 1.82) is 5.26 Å². The van der Waals surface area contributed by atoms with E-state index in [9.17, 15) is 0 Å². The molecule has 0 saturated heterocycles. The van der Waals surface area contributed by atoms with E-state index in [1.807, 2.05) is 34.9 Å². The normalized spacial score (nSPS) is 11.1. The summed E-state index contributed by atoms with van der Waals surface area (Å²) in [4.78, 5) is 13.6. The van der Waals surface area contributed by atoms with Crippen LogP contribution in [0.5, 0.6) is 11.5 Å². The first-order chi connectivity index (χ1) is 16.6. The molecule has 0 bridgehead atoms. The Labute approximate surface area is 203 Å². The average Bonchev–Trinajstić information content (AvgIpc) is 3.22. The summed E-state index contributed by atoms with van der Waals surface area (Å²) in [6.07, 6.45) is 10.1. The van der Waals surface area contributed by atoms with Crippen LogP contribution in [0.3, 0.4) is 0 Å². The fourth-order valence-corrected chi connectivity index (χ4v) is 3.70. The van der Waals surface area contributed by atoms with Gasteiger partial charge < -0.3 is 9.47 Å². The minimum absolute atomic E-state index is 0.475.